The minimum Gasteiger partial charge on any atom is -0.364 e. The highest BCUT2D eigenvalue weighted by atomic mass is 32.3. The number of hydrogen-bond donors (Lipinski definition) is 3. The van der Waals surface area contributed by atoms with Crippen LogP contribution in [0.25, 0.3) is 0 Å². The van der Waals surface area contributed by atoms with E-state index in [1.807, 2.05) is 36.4 Å². The fourth-order valence-electron chi connectivity index (χ4n) is 4.42. The number of nitriles is 1. The van der Waals surface area contributed by atoms with Gasteiger partial charge in [-0.3, -0.25) is 9.11 Å². The van der Waals surface area contributed by atoms with Crippen molar-refractivity contribution in [1.82, 2.24) is 14.3 Å². The predicted molar refractivity (Wildman–Crippen MR) is 146 cm³/mol. The molecule has 3 N–H and O–H groups in total. The Hall–Kier alpha value is -3.58. The fourth-order valence-corrected chi connectivity index (χ4v) is 7.13. The van der Waals surface area contributed by atoms with Gasteiger partial charge in [-0.15, -0.1) is 11.3 Å². The lowest BCUT2D eigenvalue weighted by Crippen LogP contribution is -2.45. The molecule has 0 fully saturated rings. The van der Waals surface area contributed by atoms with E-state index in [9.17, 15) is 13.7 Å². The van der Waals surface area contributed by atoms with Gasteiger partial charge in [0.25, 0.3) is 10.0 Å². The Balaban J connectivity index is 0.000000648. The molecule has 1 aliphatic heterocycles. The first-order valence-corrected chi connectivity index (χ1v) is 15.3. The van der Waals surface area contributed by atoms with Crippen LogP contribution in [0, 0.1) is 11.3 Å². The van der Waals surface area contributed by atoms with Crippen LogP contribution in [0.1, 0.15) is 22.4 Å². The molecule has 2 aromatic carbocycles. The standard InChI is InChI=1S/C25H23N5O2S2.H2O4S/c26-13-20-8-9-24-21(11-20)15-30(34(31,32)25-7-4-10-33-25)23(12-19-5-2-1-3-6-19)17-29(24)16-22-14-27-18-28-22;1-5(2,3)4/h1-11,14,18,23H,12,15-17H2,(H,27,28);(H2,1,2,3,4)/t23-;/m1./s1. The molecule has 204 valence electrons. The Bertz CT molecular complexity index is 1630. The average molecular weight is 588 g/mol. The van der Waals surface area contributed by atoms with Gasteiger partial charge < -0.3 is 9.88 Å². The van der Waals surface area contributed by atoms with E-state index in [0.29, 0.717) is 29.3 Å². The zero-order valence-electron chi connectivity index (χ0n) is 20.5. The van der Waals surface area contributed by atoms with Crippen LogP contribution in [0.5, 0.6) is 0 Å². The van der Waals surface area contributed by atoms with Crippen LogP contribution in [0.2, 0.25) is 0 Å². The van der Waals surface area contributed by atoms with Crippen molar-refractivity contribution in [1.29, 1.82) is 5.26 Å². The van der Waals surface area contributed by atoms with Crippen LogP contribution in [-0.4, -0.2) is 52.8 Å². The highest BCUT2D eigenvalue weighted by molar-refractivity contribution is 7.91. The van der Waals surface area contributed by atoms with Gasteiger partial charge in [0, 0.05) is 31.0 Å². The van der Waals surface area contributed by atoms with Gasteiger partial charge in [-0.2, -0.15) is 18.0 Å². The second-order valence-electron chi connectivity index (χ2n) is 8.69. The van der Waals surface area contributed by atoms with E-state index >= 15 is 0 Å². The highest BCUT2D eigenvalue weighted by Gasteiger charge is 2.37. The highest BCUT2D eigenvalue weighted by Crippen LogP contribution is 2.34. The molecular formula is C25H25N5O6S3. The lowest BCUT2D eigenvalue weighted by atomic mass is 10.1. The summed E-state index contributed by atoms with van der Waals surface area (Å²) in [4.78, 5) is 9.47. The molecule has 0 spiro atoms. The van der Waals surface area contributed by atoms with E-state index in [4.69, 9.17) is 17.5 Å². The number of hydrogen-bond acceptors (Lipinski definition) is 8. The molecular weight excluding hydrogens is 563 g/mol. The first-order chi connectivity index (χ1) is 18.5. The van der Waals surface area contributed by atoms with Crippen molar-refractivity contribution in [2.75, 3.05) is 11.4 Å². The van der Waals surface area contributed by atoms with Gasteiger partial charge >= 0.3 is 10.4 Å². The third kappa shape index (κ3) is 7.51. The molecule has 0 saturated heterocycles. The van der Waals surface area contributed by atoms with E-state index in [1.54, 1.807) is 46.5 Å². The minimum atomic E-state index is -4.67. The molecule has 0 amide bonds. The third-order valence-electron chi connectivity index (χ3n) is 6.00. The van der Waals surface area contributed by atoms with Crippen LogP contribution in [0.3, 0.4) is 0 Å². The number of H-pyrrole nitrogens is 1. The summed E-state index contributed by atoms with van der Waals surface area (Å²) in [6.07, 6.45) is 3.99. The quantitative estimate of drug-likeness (QED) is 0.286. The van der Waals surface area contributed by atoms with Crippen molar-refractivity contribution >= 4 is 37.4 Å². The van der Waals surface area contributed by atoms with Gasteiger partial charge in [-0.1, -0.05) is 36.4 Å². The number of nitrogens with zero attached hydrogens (tertiary/aromatic N) is 4. The maximum Gasteiger partial charge on any atom is 0.394 e. The summed E-state index contributed by atoms with van der Waals surface area (Å²) in [7, 11) is -8.40. The number of benzene rings is 2. The van der Waals surface area contributed by atoms with Crippen molar-refractivity contribution in [3.05, 3.63) is 101 Å². The van der Waals surface area contributed by atoms with Gasteiger partial charge in [0.1, 0.15) is 4.21 Å². The van der Waals surface area contributed by atoms with Crippen molar-refractivity contribution in [3.8, 4) is 6.07 Å². The van der Waals surface area contributed by atoms with Crippen LogP contribution < -0.4 is 4.90 Å². The summed E-state index contributed by atoms with van der Waals surface area (Å²) in [5.41, 5.74) is 4.26. The molecule has 4 aromatic rings. The fraction of sp³-hybridized carbons (Fsp3) is 0.200. The number of rotatable bonds is 6. The Labute approximate surface area is 230 Å². The number of imidazole rings is 1. The lowest BCUT2D eigenvalue weighted by Gasteiger charge is -2.31. The Morgan fingerprint density at radius 3 is 2.44 bits per heavy atom. The second-order valence-corrected chi connectivity index (χ2v) is 12.6. The first-order valence-electron chi connectivity index (χ1n) is 11.6. The topological polar surface area (TPSA) is 168 Å². The summed E-state index contributed by atoms with van der Waals surface area (Å²) in [5.74, 6) is 0. The van der Waals surface area contributed by atoms with Crippen LogP contribution >= 0.6 is 11.3 Å². The zero-order chi connectivity index (χ0) is 28.0. The number of aromatic amines is 1. The Morgan fingerprint density at radius 1 is 1.08 bits per heavy atom. The minimum absolute atomic E-state index is 0.196. The second kappa shape index (κ2) is 12.1. The van der Waals surface area contributed by atoms with Gasteiger partial charge in [0.15, 0.2) is 0 Å². The summed E-state index contributed by atoms with van der Waals surface area (Å²) in [6, 6.07) is 20.8. The first kappa shape index (κ1) is 28.4. The monoisotopic (exact) mass is 587 g/mol. The molecule has 5 rings (SSSR count). The Kier molecular flexibility index (Phi) is 8.80. The predicted octanol–water partition coefficient (Wildman–Crippen LogP) is 3.51. The van der Waals surface area contributed by atoms with Gasteiger partial charge in [-0.25, -0.2) is 13.4 Å². The van der Waals surface area contributed by atoms with Gasteiger partial charge in [0.05, 0.1) is 30.2 Å². The van der Waals surface area contributed by atoms with Gasteiger partial charge in [0.2, 0.25) is 0 Å². The van der Waals surface area contributed by atoms with Crippen molar-refractivity contribution in [3.63, 3.8) is 0 Å². The molecule has 0 aliphatic carbocycles. The zero-order valence-corrected chi connectivity index (χ0v) is 22.9. The van der Waals surface area contributed by atoms with E-state index in [1.165, 1.54) is 11.3 Å². The summed E-state index contributed by atoms with van der Waals surface area (Å²) in [5, 5.41) is 11.3. The molecule has 0 radical (unpaired) electrons. The van der Waals surface area contributed by atoms with E-state index < -0.39 is 20.4 Å². The number of thiophene rings is 1. The molecule has 11 nitrogen and oxygen atoms in total. The smallest absolute Gasteiger partial charge is 0.364 e. The van der Waals surface area contributed by atoms with Crippen molar-refractivity contribution < 1.29 is 25.9 Å². The van der Waals surface area contributed by atoms with E-state index in [0.717, 1.165) is 22.5 Å². The molecule has 0 bridgehead atoms. The third-order valence-corrected chi connectivity index (χ3v) is 9.27. The molecule has 1 aliphatic rings. The largest absolute Gasteiger partial charge is 0.394 e. The SMILES string of the molecule is N#Cc1ccc2c(c1)CN(S(=O)(=O)c1cccs1)[C@H](Cc1ccccc1)CN2Cc1cnc[nH]1.O=S(=O)(O)O. The number of aromatic nitrogens is 2. The molecule has 2 aromatic heterocycles. The maximum absolute atomic E-state index is 13.8. The van der Waals surface area contributed by atoms with E-state index in [-0.39, 0.29) is 12.6 Å². The molecule has 14 heteroatoms. The maximum atomic E-state index is 13.8. The van der Waals surface area contributed by atoms with Crippen molar-refractivity contribution in [2.45, 2.75) is 29.8 Å². The number of nitrogens with one attached hydrogen (secondary N) is 1. The molecule has 39 heavy (non-hydrogen) atoms. The van der Waals surface area contributed by atoms with Crippen molar-refractivity contribution in [2.24, 2.45) is 0 Å². The normalized spacial score (nSPS) is 15.9. The summed E-state index contributed by atoms with van der Waals surface area (Å²) in [6.45, 7) is 1.25. The summed E-state index contributed by atoms with van der Waals surface area (Å²) >= 11 is 1.22. The van der Waals surface area contributed by atoms with E-state index in [2.05, 4.69) is 20.9 Å². The number of sulfonamides is 1. The summed E-state index contributed by atoms with van der Waals surface area (Å²) < 4.78 is 61.2. The average Bonchev–Trinajstić information content (AvgIpc) is 3.59. The Morgan fingerprint density at radius 2 is 1.82 bits per heavy atom. The van der Waals surface area contributed by atoms with Crippen LogP contribution in [0.4, 0.5) is 5.69 Å². The molecule has 3 heterocycles. The number of anilines is 1. The lowest BCUT2D eigenvalue weighted by molar-refractivity contribution is 0.318. The molecule has 0 saturated carbocycles. The van der Waals surface area contributed by atoms with Crippen LogP contribution in [0.15, 0.2) is 82.8 Å². The molecule has 1 atom stereocenters. The van der Waals surface area contributed by atoms with Crippen LogP contribution in [-0.2, 0) is 39.9 Å². The molecule has 0 unspecified atom stereocenters. The number of fused-ring (bicyclic) bond motifs is 1. The van der Waals surface area contributed by atoms with Gasteiger partial charge in [-0.05, 0) is 47.2 Å².